The summed E-state index contributed by atoms with van der Waals surface area (Å²) in [6.07, 6.45) is 2.86. The Bertz CT molecular complexity index is 1450. The van der Waals surface area contributed by atoms with E-state index in [1.54, 1.807) is 18.3 Å². The van der Waals surface area contributed by atoms with Crippen LogP contribution in [-0.2, 0) is 9.53 Å². The Morgan fingerprint density at radius 3 is 2.41 bits per heavy atom. The van der Waals surface area contributed by atoms with E-state index in [4.69, 9.17) is 47.4 Å². The van der Waals surface area contributed by atoms with Gasteiger partial charge in [0.2, 0.25) is 11.9 Å². The largest absolute Gasteiger partial charge is 0.495 e. The lowest BCUT2D eigenvalue weighted by Crippen LogP contribution is -2.60. The molecule has 41 heavy (non-hydrogen) atoms. The lowest BCUT2D eigenvalue weighted by atomic mass is 9.81. The number of benzene rings is 1. The summed E-state index contributed by atoms with van der Waals surface area (Å²) in [5.41, 5.74) is 0.717. The van der Waals surface area contributed by atoms with Gasteiger partial charge in [-0.1, -0.05) is 29.8 Å². The van der Waals surface area contributed by atoms with Crippen LogP contribution in [0.25, 0.3) is 22.2 Å². The Morgan fingerprint density at radius 2 is 1.80 bits per heavy atom. The fraction of sp³-hybridized carbons (Fsp3) is 0.407. The number of aliphatic hydroxyl groups excluding tert-OH is 2. The topological polar surface area (TPSA) is 151 Å². The maximum Gasteiger partial charge on any atom is 0.243 e. The summed E-state index contributed by atoms with van der Waals surface area (Å²) in [6.45, 7) is 4.54. The zero-order valence-electron chi connectivity index (χ0n) is 22.5. The van der Waals surface area contributed by atoms with Crippen LogP contribution in [0.2, 0.25) is 10.0 Å². The predicted molar refractivity (Wildman–Crippen MR) is 155 cm³/mol. The molecule has 14 heteroatoms. The first-order valence-corrected chi connectivity index (χ1v) is 13.5. The standard InChI is InChI=1S/C27H30Cl2N6O6/c1-4-20(38)31-16-8-41-9-17(16)33-26-30-7-14-5-15(21-22(28)18(39-2)6-19(40-3)23(21)29)32-25(24(14)34-26)35-10-27(11-35,12-36)13-37/h4-7,16-17,36-37H,1,8-13H2,2-3H3,(H,31,38)(H,30,33,34)/t16-,17+/m0/s1. The number of nitrogens with one attached hydrogen (secondary N) is 2. The maximum atomic E-state index is 11.9. The lowest BCUT2D eigenvalue weighted by Gasteiger charge is -2.49. The highest BCUT2D eigenvalue weighted by molar-refractivity contribution is 6.41. The number of aromatic nitrogens is 3. The first kappa shape index (κ1) is 29.1. The monoisotopic (exact) mass is 604 g/mol. The van der Waals surface area contributed by atoms with E-state index in [9.17, 15) is 15.0 Å². The van der Waals surface area contributed by atoms with Crippen LogP contribution in [0.4, 0.5) is 11.8 Å². The number of ether oxygens (including phenoxy) is 3. The van der Waals surface area contributed by atoms with Crippen molar-refractivity contribution in [1.82, 2.24) is 20.3 Å². The first-order chi connectivity index (χ1) is 19.8. The Balaban J connectivity index is 1.59. The minimum absolute atomic E-state index is 0.177. The molecule has 0 unspecified atom stereocenters. The van der Waals surface area contributed by atoms with Crippen LogP contribution < -0.4 is 25.0 Å². The van der Waals surface area contributed by atoms with Crippen molar-refractivity contribution in [3.63, 3.8) is 0 Å². The van der Waals surface area contributed by atoms with Gasteiger partial charge in [0, 0.05) is 36.3 Å². The van der Waals surface area contributed by atoms with Crippen LogP contribution in [0.1, 0.15) is 0 Å². The molecule has 4 N–H and O–H groups in total. The first-order valence-electron chi connectivity index (χ1n) is 12.8. The van der Waals surface area contributed by atoms with E-state index in [1.165, 1.54) is 20.3 Å². The van der Waals surface area contributed by atoms with Crippen molar-refractivity contribution in [3.05, 3.63) is 41.0 Å². The minimum atomic E-state index is -0.662. The molecule has 2 saturated heterocycles. The molecule has 0 bridgehead atoms. The number of hydrogen-bond acceptors (Lipinski definition) is 11. The van der Waals surface area contributed by atoms with Crippen molar-refractivity contribution >= 4 is 51.8 Å². The van der Waals surface area contributed by atoms with Crippen LogP contribution in [0.3, 0.4) is 0 Å². The number of aliphatic hydroxyl groups is 2. The van der Waals surface area contributed by atoms with Gasteiger partial charge in [0.1, 0.15) is 17.0 Å². The Morgan fingerprint density at radius 1 is 1.15 bits per heavy atom. The van der Waals surface area contributed by atoms with Gasteiger partial charge in [-0.3, -0.25) is 4.79 Å². The Labute approximate surface area is 246 Å². The van der Waals surface area contributed by atoms with Gasteiger partial charge in [0.25, 0.3) is 0 Å². The predicted octanol–water partition coefficient (Wildman–Crippen LogP) is 2.29. The van der Waals surface area contributed by atoms with Gasteiger partial charge in [0.15, 0.2) is 5.82 Å². The molecule has 4 heterocycles. The summed E-state index contributed by atoms with van der Waals surface area (Å²) in [5.74, 6) is 1.24. The zero-order valence-corrected chi connectivity index (χ0v) is 24.0. The summed E-state index contributed by atoms with van der Waals surface area (Å²) in [7, 11) is 2.98. The molecule has 0 radical (unpaired) electrons. The van der Waals surface area contributed by atoms with E-state index in [0.717, 1.165) is 0 Å². The fourth-order valence-corrected chi connectivity index (χ4v) is 5.65. The van der Waals surface area contributed by atoms with E-state index in [0.29, 0.717) is 71.7 Å². The zero-order chi connectivity index (χ0) is 29.3. The van der Waals surface area contributed by atoms with Gasteiger partial charge in [-0.05, 0) is 12.1 Å². The van der Waals surface area contributed by atoms with Gasteiger partial charge in [-0.2, -0.15) is 0 Å². The molecule has 3 aromatic rings. The van der Waals surface area contributed by atoms with Crippen LogP contribution in [-0.4, -0.2) is 96.9 Å². The van der Waals surface area contributed by atoms with Crippen LogP contribution >= 0.6 is 23.2 Å². The molecule has 2 aliphatic rings. The maximum absolute atomic E-state index is 11.9. The number of pyridine rings is 1. The summed E-state index contributed by atoms with van der Waals surface area (Å²) in [4.78, 5) is 27.9. The number of fused-ring (bicyclic) bond motifs is 1. The normalized spacial score (nSPS) is 19.5. The molecular formula is C27H30Cl2N6O6. The van der Waals surface area contributed by atoms with E-state index in [2.05, 4.69) is 22.2 Å². The molecule has 2 aromatic heterocycles. The second-order valence-electron chi connectivity index (χ2n) is 10.0. The lowest BCUT2D eigenvalue weighted by molar-refractivity contribution is -0.117. The number of amides is 1. The second kappa shape index (κ2) is 11.8. The summed E-state index contributed by atoms with van der Waals surface area (Å²) in [6, 6.07) is 2.80. The van der Waals surface area contributed by atoms with Crippen molar-refractivity contribution in [2.24, 2.45) is 5.41 Å². The second-order valence-corrected chi connectivity index (χ2v) is 10.8. The molecule has 1 amide bonds. The molecule has 1 aromatic carbocycles. The number of carbonyl (C=O) groups excluding carboxylic acids is 1. The summed E-state index contributed by atoms with van der Waals surface area (Å²) in [5, 5.41) is 27.0. The third-order valence-electron chi connectivity index (χ3n) is 7.31. The molecular weight excluding hydrogens is 575 g/mol. The van der Waals surface area contributed by atoms with Crippen molar-refractivity contribution in [2.45, 2.75) is 12.1 Å². The quantitative estimate of drug-likeness (QED) is 0.252. The van der Waals surface area contributed by atoms with Crippen molar-refractivity contribution in [1.29, 1.82) is 0 Å². The van der Waals surface area contributed by atoms with Gasteiger partial charge < -0.3 is 40.0 Å². The Hall–Kier alpha value is -3.42. The highest BCUT2D eigenvalue weighted by atomic mass is 35.5. The number of rotatable bonds is 10. The smallest absolute Gasteiger partial charge is 0.243 e. The van der Waals surface area contributed by atoms with Crippen LogP contribution in [0, 0.1) is 5.41 Å². The average Bonchev–Trinajstić information content (AvgIpc) is 3.39. The number of methoxy groups -OCH3 is 2. The van der Waals surface area contributed by atoms with E-state index in [-0.39, 0.29) is 41.2 Å². The number of carbonyl (C=O) groups is 1. The van der Waals surface area contributed by atoms with E-state index in [1.807, 2.05) is 4.90 Å². The fourth-order valence-electron chi connectivity index (χ4n) is 4.96. The molecule has 0 saturated carbocycles. The van der Waals surface area contributed by atoms with Crippen molar-refractivity contribution in [2.75, 3.05) is 64.0 Å². The highest BCUT2D eigenvalue weighted by Crippen LogP contribution is 2.47. The minimum Gasteiger partial charge on any atom is -0.495 e. The molecule has 2 fully saturated rings. The molecule has 2 aliphatic heterocycles. The molecule has 0 aliphatic carbocycles. The molecule has 5 rings (SSSR count). The molecule has 0 spiro atoms. The van der Waals surface area contributed by atoms with Crippen LogP contribution in [0.5, 0.6) is 11.5 Å². The number of nitrogens with zero attached hydrogens (tertiary/aromatic N) is 4. The van der Waals surface area contributed by atoms with E-state index < -0.39 is 5.41 Å². The van der Waals surface area contributed by atoms with Crippen molar-refractivity contribution < 1.29 is 29.2 Å². The van der Waals surface area contributed by atoms with Gasteiger partial charge in [0.05, 0.1) is 73.9 Å². The molecule has 218 valence electrons. The summed E-state index contributed by atoms with van der Waals surface area (Å²) >= 11 is 13.4. The van der Waals surface area contributed by atoms with Gasteiger partial charge in [-0.25, -0.2) is 15.0 Å². The molecule has 12 nitrogen and oxygen atoms in total. The van der Waals surface area contributed by atoms with Crippen LogP contribution in [0.15, 0.2) is 31.0 Å². The third kappa shape index (κ3) is 5.45. The summed E-state index contributed by atoms with van der Waals surface area (Å²) < 4.78 is 16.4. The SMILES string of the molecule is C=CC(=O)N[C@H]1COC[C@H]1Nc1ncc2cc(-c3c(Cl)c(OC)cc(OC)c3Cl)nc(N3CC(CO)(CO)C3)c2n1. The van der Waals surface area contributed by atoms with Gasteiger partial charge in [-0.15, -0.1) is 0 Å². The van der Waals surface area contributed by atoms with Crippen molar-refractivity contribution in [3.8, 4) is 22.8 Å². The number of hydrogen-bond donors (Lipinski definition) is 4. The Kier molecular flexibility index (Phi) is 8.39. The number of anilines is 2. The van der Waals surface area contributed by atoms with Gasteiger partial charge >= 0.3 is 0 Å². The molecule has 2 atom stereocenters. The number of halogens is 2. The third-order valence-corrected chi connectivity index (χ3v) is 8.06. The highest BCUT2D eigenvalue weighted by Gasteiger charge is 2.44. The average molecular weight is 605 g/mol. The van der Waals surface area contributed by atoms with E-state index >= 15 is 0 Å².